The molecule has 0 bridgehead atoms. The first-order valence-corrected chi connectivity index (χ1v) is 7.04. The number of methoxy groups -OCH3 is 1. The average Bonchev–Trinajstić information content (AvgIpc) is 2.38. The second-order valence-electron chi connectivity index (χ2n) is 5.67. The predicted octanol–water partition coefficient (Wildman–Crippen LogP) is 2.76. The molecule has 0 saturated heterocycles. The van der Waals surface area contributed by atoms with Crippen LogP contribution in [0.15, 0.2) is 18.2 Å². The van der Waals surface area contributed by atoms with Crippen LogP contribution in [0.25, 0.3) is 0 Å². The fourth-order valence-corrected chi connectivity index (χ4v) is 1.86. The van der Waals surface area contributed by atoms with Crippen LogP contribution >= 0.6 is 11.6 Å². The van der Waals surface area contributed by atoms with E-state index in [4.69, 9.17) is 16.3 Å². The molecule has 122 valence electrons. The van der Waals surface area contributed by atoms with Crippen LogP contribution in [-0.2, 0) is 20.7 Å². The summed E-state index contributed by atoms with van der Waals surface area (Å²) in [7, 11) is 1.19. The number of carbonyl (C=O) groups is 2. The summed E-state index contributed by atoms with van der Waals surface area (Å²) >= 11 is 5.91. The van der Waals surface area contributed by atoms with E-state index in [2.05, 4.69) is 10.1 Å². The van der Waals surface area contributed by atoms with Crippen LogP contribution in [0.5, 0.6) is 0 Å². The van der Waals surface area contributed by atoms with Crippen molar-refractivity contribution >= 4 is 29.4 Å². The van der Waals surface area contributed by atoms with Gasteiger partial charge < -0.3 is 14.6 Å². The molecule has 0 aromatic heterocycles. The molecule has 0 aliphatic carbocycles. The van der Waals surface area contributed by atoms with E-state index in [0.29, 0.717) is 16.3 Å². The Kier molecular flexibility index (Phi) is 6.20. The van der Waals surface area contributed by atoms with Gasteiger partial charge in [-0.25, -0.2) is 9.59 Å². The second kappa shape index (κ2) is 7.47. The monoisotopic (exact) mass is 329 g/mol. The Labute approximate surface area is 134 Å². The van der Waals surface area contributed by atoms with E-state index < -0.39 is 23.8 Å². The molecule has 1 aromatic carbocycles. The number of amides is 1. The van der Waals surface area contributed by atoms with Crippen molar-refractivity contribution in [3.63, 3.8) is 0 Å². The van der Waals surface area contributed by atoms with Gasteiger partial charge in [0.2, 0.25) is 0 Å². The first kappa shape index (κ1) is 18.3. The molecule has 0 radical (unpaired) electrons. The van der Waals surface area contributed by atoms with Gasteiger partial charge >= 0.3 is 12.1 Å². The average molecular weight is 330 g/mol. The molecule has 0 heterocycles. The number of hydrogen-bond donors (Lipinski definition) is 2. The minimum absolute atomic E-state index is 0.0189. The van der Waals surface area contributed by atoms with Crippen molar-refractivity contribution in [3.05, 3.63) is 28.8 Å². The van der Waals surface area contributed by atoms with Crippen molar-refractivity contribution in [2.45, 2.75) is 38.9 Å². The van der Waals surface area contributed by atoms with Gasteiger partial charge in [-0.3, -0.25) is 5.32 Å². The molecule has 1 rings (SSSR count). The van der Waals surface area contributed by atoms with Crippen molar-refractivity contribution in [1.29, 1.82) is 0 Å². The largest absolute Gasteiger partial charge is 0.467 e. The Bertz CT molecular complexity index is 553. The first-order valence-electron chi connectivity index (χ1n) is 6.66. The smallest absolute Gasteiger partial charge is 0.412 e. The molecule has 22 heavy (non-hydrogen) atoms. The predicted molar refractivity (Wildman–Crippen MR) is 83.0 cm³/mol. The summed E-state index contributed by atoms with van der Waals surface area (Å²) in [6.07, 6.45) is -2.00. The van der Waals surface area contributed by atoms with Crippen molar-refractivity contribution in [1.82, 2.24) is 0 Å². The lowest BCUT2D eigenvalue weighted by Gasteiger charge is -2.21. The van der Waals surface area contributed by atoms with Gasteiger partial charge in [-0.2, -0.15) is 0 Å². The molecule has 0 spiro atoms. The van der Waals surface area contributed by atoms with E-state index in [9.17, 15) is 14.7 Å². The summed E-state index contributed by atoms with van der Waals surface area (Å²) in [5.41, 5.74) is 0.256. The second-order valence-corrected chi connectivity index (χ2v) is 6.11. The zero-order valence-corrected chi connectivity index (χ0v) is 13.7. The molecule has 0 saturated carbocycles. The summed E-state index contributed by atoms with van der Waals surface area (Å²) in [5.74, 6) is -0.752. The SMILES string of the molecule is COC(=O)C(O)Cc1ccc(Cl)cc1NC(=O)OC(C)(C)C. The highest BCUT2D eigenvalue weighted by Crippen LogP contribution is 2.23. The Morgan fingerprint density at radius 3 is 2.55 bits per heavy atom. The number of carbonyl (C=O) groups excluding carboxylic acids is 2. The van der Waals surface area contributed by atoms with E-state index in [1.54, 1.807) is 32.9 Å². The van der Waals surface area contributed by atoms with Crippen molar-refractivity contribution in [2.24, 2.45) is 0 Å². The van der Waals surface area contributed by atoms with Gasteiger partial charge in [0.05, 0.1) is 7.11 Å². The Balaban J connectivity index is 2.91. The third-order valence-corrected chi connectivity index (χ3v) is 2.83. The molecule has 2 N–H and O–H groups in total. The lowest BCUT2D eigenvalue weighted by atomic mass is 10.1. The summed E-state index contributed by atoms with van der Waals surface area (Å²) in [5, 5.41) is 12.7. The van der Waals surface area contributed by atoms with Gasteiger partial charge in [-0.15, -0.1) is 0 Å². The van der Waals surface area contributed by atoms with Crippen molar-refractivity contribution in [3.8, 4) is 0 Å². The molecule has 1 unspecified atom stereocenters. The fraction of sp³-hybridized carbons (Fsp3) is 0.467. The standard InChI is InChI=1S/C15H20ClNO5/c1-15(2,3)22-14(20)17-11-8-10(16)6-5-9(11)7-12(18)13(19)21-4/h5-6,8,12,18H,7H2,1-4H3,(H,17,20). The van der Waals surface area contributed by atoms with E-state index in [1.807, 2.05) is 0 Å². The molecule has 1 amide bonds. The molecule has 1 atom stereocenters. The van der Waals surface area contributed by atoms with Gasteiger partial charge in [0.25, 0.3) is 0 Å². The highest BCUT2D eigenvalue weighted by atomic mass is 35.5. The molecular formula is C15H20ClNO5. The van der Waals surface area contributed by atoms with Crippen LogP contribution in [-0.4, -0.2) is 36.0 Å². The highest BCUT2D eigenvalue weighted by Gasteiger charge is 2.20. The van der Waals surface area contributed by atoms with Crippen LogP contribution in [0, 0.1) is 0 Å². The zero-order valence-electron chi connectivity index (χ0n) is 13.0. The minimum atomic E-state index is -1.33. The number of hydrogen-bond acceptors (Lipinski definition) is 5. The summed E-state index contributed by atoms with van der Waals surface area (Å²) in [6, 6.07) is 4.73. The number of benzene rings is 1. The Hall–Kier alpha value is -1.79. The van der Waals surface area contributed by atoms with Gasteiger partial charge in [0.1, 0.15) is 5.60 Å². The van der Waals surface area contributed by atoms with Crippen molar-refractivity contribution < 1.29 is 24.2 Å². The van der Waals surface area contributed by atoms with Gasteiger partial charge in [0.15, 0.2) is 6.10 Å². The highest BCUT2D eigenvalue weighted by molar-refractivity contribution is 6.31. The third-order valence-electron chi connectivity index (χ3n) is 2.59. The molecule has 7 heteroatoms. The molecule has 1 aromatic rings. The Morgan fingerprint density at radius 1 is 1.36 bits per heavy atom. The van der Waals surface area contributed by atoms with Gasteiger partial charge in [0, 0.05) is 17.1 Å². The minimum Gasteiger partial charge on any atom is -0.467 e. The van der Waals surface area contributed by atoms with E-state index >= 15 is 0 Å². The lowest BCUT2D eigenvalue weighted by Crippen LogP contribution is -2.28. The maximum Gasteiger partial charge on any atom is 0.412 e. The van der Waals surface area contributed by atoms with Gasteiger partial charge in [-0.1, -0.05) is 17.7 Å². The van der Waals surface area contributed by atoms with Crippen LogP contribution in [0.2, 0.25) is 5.02 Å². The molecule has 0 aliphatic heterocycles. The Morgan fingerprint density at radius 2 is 2.00 bits per heavy atom. The van der Waals surface area contributed by atoms with E-state index in [0.717, 1.165) is 0 Å². The molecule has 0 aliphatic rings. The lowest BCUT2D eigenvalue weighted by molar-refractivity contribution is -0.150. The van der Waals surface area contributed by atoms with E-state index in [-0.39, 0.29) is 6.42 Å². The zero-order chi connectivity index (χ0) is 16.9. The third kappa shape index (κ3) is 5.91. The van der Waals surface area contributed by atoms with Crippen LogP contribution in [0.3, 0.4) is 0 Å². The number of aliphatic hydroxyl groups excluding tert-OH is 1. The maximum atomic E-state index is 11.8. The molecule has 0 fully saturated rings. The normalized spacial score (nSPS) is 12.5. The van der Waals surface area contributed by atoms with Crippen LogP contribution < -0.4 is 5.32 Å². The number of anilines is 1. The number of aliphatic hydroxyl groups is 1. The fourth-order valence-electron chi connectivity index (χ4n) is 1.68. The number of nitrogens with one attached hydrogen (secondary N) is 1. The number of halogens is 1. The summed E-state index contributed by atoms with van der Waals surface area (Å²) < 4.78 is 9.63. The topological polar surface area (TPSA) is 84.9 Å². The van der Waals surface area contributed by atoms with Crippen LogP contribution in [0.4, 0.5) is 10.5 Å². The summed E-state index contributed by atoms with van der Waals surface area (Å²) in [4.78, 5) is 23.1. The molecular weight excluding hydrogens is 310 g/mol. The van der Waals surface area contributed by atoms with Crippen LogP contribution in [0.1, 0.15) is 26.3 Å². The first-order chi connectivity index (χ1) is 10.1. The van der Waals surface area contributed by atoms with Crippen molar-refractivity contribution in [2.75, 3.05) is 12.4 Å². The van der Waals surface area contributed by atoms with Gasteiger partial charge in [-0.05, 0) is 38.5 Å². The van der Waals surface area contributed by atoms with E-state index in [1.165, 1.54) is 13.2 Å². The number of ether oxygens (including phenoxy) is 2. The summed E-state index contributed by atoms with van der Waals surface area (Å²) in [6.45, 7) is 5.23. The number of rotatable bonds is 4. The molecule has 6 nitrogen and oxygen atoms in total. The maximum absolute atomic E-state index is 11.8. The quantitative estimate of drug-likeness (QED) is 0.830. The number of esters is 1.